The predicted molar refractivity (Wildman–Crippen MR) is 65.1 cm³/mol. The van der Waals surface area contributed by atoms with Crippen molar-refractivity contribution in [3.05, 3.63) is 32.8 Å². The third-order valence-electron chi connectivity index (χ3n) is 2.56. The molecule has 0 N–H and O–H groups in total. The van der Waals surface area contributed by atoms with Gasteiger partial charge in [-0.3, -0.25) is 10.1 Å². The Bertz CT molecular complexity index is 616. The minimum absolute atomic E-state index is 0.101. The topological polar surface area (TPSA) is 89.8 Å². The number of nitro benzene ring substituents is 1. The van der Waals surface area contributed by atoms with Gasteiger partial charge >= 0.3 is 0 Å². The molecule has 7 nitrogen and oxygen atoms in total. The van der Waals surface area contributed by atoms with Gasteiger partial charge in [0.2, 0.25) is 10.0 Å². The van der Waals surface area contributed by atoms with Crippen LogP contribution >= 0.6 is 11.6 Å². The van der Waals surface area contributed by atoms with Gasteiger partial charge in [0.1, 0.15) is 12.5 Å². The number of hydrogen-bond acceptors (Lipinski definition) is 5. The van der Waals surface area contributed by atoms with E-state index < -0.39 is 20.7 Å². The van der Waals surface area contributed by atoms with Crippen LogP contribution in [-0.2, 0) is 20.5 Å². The fraction of sp³-hybridized carbons (Fsp3) is 0.333. The molecule has 0 saturated carbocycles. The Hall–Kier alpha value is -1.38. The maximum absolute atomic E-state index is 11.9. The van der Waals surface area contributed by atoms with Crippen LogP contribution in [0.4, 0.5) is 11.4 Å². The first-order chi connectivity index (χ1) is 8.38. The number of halogens is 1. The zero-order chi connectivity index (χ0) is 13.5. The summed E-state index contributed by atoms with van der Waals surface area (Å²) in [6.07, 6.45) is 0. The maximum Gasteiger partial charge on any atom is 0.275 e. The molecular formula is C9H9ClN2O5S. The van der Waals surface area contributed by atoms with Crippen molar-refractivity contribution in [3.8, 4) is 0 Å². The van der Waals surface area contributed by atoms with Crippen molar-refractivity contribution in [3.63, 3.8) is 0 Å². The smallest absolute Gasteiger partial charge is 0.275 e. The van der Waals surface area contributed by atoms with E-state index in [1.807, 2.05) is 0 Å². The molecule has 1 aliphatic rings. The number of methoxy groups -OCH3 is 1. The van der Waals surface area contributed by atoms with E-state index in [1.54, 1.807) is 0 Å². The number of hydrogen-bond donors (Lipinski definition) is 0. The highest BCUT2D eigenvalue weighted by molar-refractivity contribution is 7.92. The van der Waals surface area contributed by atoms with Gasteiger partial charge in [-0.25, -0.2) is 12.7 Å². The molecule has 0 aromatic heterocycles. The average Bonchev–Trinajstić information content (AvgIpc) is 2.52. The van der Waals surface area contributed by atoms with Crippen LogP contribution in [0.3, 0.4) is 0 Å². The van der Waals surface area contributed by atoms with Crippen molar-refractivity contribution < 1.29 is 18.1 Å². The minimum Gasteiger partial charge on any atom is -0.363 e. The number of sulfonamides is 1. The van der Waals surface area contributed by atoms with Gasteiger partial charge in [0, 0.05) is 13.2 Å². The zero-order valence-electron chi connectivity index (χ0n) is 9.29. The number of rotatable bonds is 3. The Morgan fingerprint density at radius 1 is 1.56 bits per heavy atom. The Morgan fingerprint density at radius 2 is 2.22 bits per heavy atom. The van der Waals surface area contributed by atoms with Crippen LogP contribution in [0.1, 0.15) is 5.56 Å². The highest BCUT2D eigenvalue weighted by Crippen LogP contribution is 2.43. The van der Waals surface area contributed by atoms with E-state index >= 15 is 0 Å². The van der Waals surface area contributed by atoms with Crippen molar-refractivity contribution in [1.29, 1.82) is 0 Å². The predicted octanol–water partition coefficient (Wildman–Crippen LogP) is 1.50. The van der Waals surface area contributed by atoms with Gasteiger partial charge in [0.05, 0.1) is 21.2 Å². The molecule has 1 heterocycles. The van der Waals surface area contributed by atoms with Crippen LogP contribution in [0, 0.1) is 10.1 Å². The van der Waals surface area contributed by atoms with E-state index in [-0.39, 0.29) is 28.7 Å². The van der Waals surface area contributed by atoms with Crippen LogP contribution in [0.2, 0.25) is 5.02 Å². The third-order valence-corrected chi connectivity index (χ3v) is 4.48. The van der Waals surface area contributed by atoms with Gasteiger partial charge in [-0.05, 0) is 6.07 Å². The molecule has 9 heteroatoms. The molecule has 0 amide bonds. The van der Waals surface area contributed by atoms with Crippen LogP contribution in [-0.4, -0.2) is 27.2 Å². The fourth-order valence-electron chi connectivity index (χ4n) is 1.84. The lowest BCUT2D eigenvalue weighted by atomic mass is 10.1. The first-order valence-electron chi connectivity index (χ1n) is 4.83. The van der Waals surface area contributed by atoms with Crippen LogP contribution in [0.5, 0.6) is 0 Å². The summed E-state index contributed by atoms with van der Waals surface area (Å²) >= 11 is 5.92. The van der Waals surface area contributed by atoms with Gasteiger partial charge in [-0.15, -0.1) is 0 Å². The fourth-order valence-corrected chi connectivity index (χ4v) is 3.73. The molecule has 0 radical (unpaired) electrons. The Morgan fingerprint density at radius 3 is 2.78 bits per heavy atom. The summed E-state index contributed by atoms with van der Waals surface area (Å²) < 4.78 is 29.5. The third kappa shape index (κ3) is 1.92. The van der Waals surface area contributed by atoms with Crippen molar-refractivity contribution in [1.82, 2.24) is 0 Å². The van der Waals surface area contributed by atoms with Crippen LogP contribution in [0.25, 0.3) is 0 Å². The van der Waals surface area contributed by atoms with E-state index in [1.165, 1.54) is 19.2 Å². The molecule has 1 aromatic rings. The normalized spacial score (nSPS) is 16.7. The second kappa shape index (κ2) is 4.38. The Labute approximate surface area is 108 Å². The standard InChI is InChI=1S/C9H9ClN2O5S/c1-17-5-11-9-6(4-18(11,15)16)8(12(13)14)3-2-7(9)10/h2-3H,4-5H2,1H3. The van der Waals surface area contributed by atoms with Gasteiger partial charge in [0.15, 0.2) is 0 Å². The van der Waals surface area contributed by atoms with Gasteiger partial charge < -0.3 is 4.74 Å². The summed E-state index contributed by atoms with van der Waals surface area (Å²) in [7, 11) is -2.34. The zero-order valence-corrected chi connectivity index (χ0v) is 10.9. The lowest BCUT2D eigenvalue weighted by molar-refractivity contribution is -0.385. The lowest BCUT2D eigenvalue weighted by Crippen LogP contribution is -2.28. The molecule has 0 fully saturated rings. The lowest BCUT2D eigenvalue weighted by Gasteiger charge is -2.17. The number of ether oxygens (including phenoxy) is 1. The van der Waals surface area contributed by atoms with Crippen LogP contribution in [0.15, 0.2) is 12.1 Å². The monoisotopic (exact) mass is 292 g/mol. The van der Waals surface area contributed by atoms with E-state index in [0.717, 1.165) is 4.31 Å². The summed E-state index contributed by atoms with van der Waals surface area (Å²) in [6.45, 7) is -0.226. The summed E-state index contributed by atoms with van der Waals surface area (Å²) in [6, 6.07) is 2.51. The largest absolute Gasteiger partial charge is 0.363 e. The first-order valence-corrected chi connectivity index (χ1v) is 6.82. The number of anilines is 1. The summed E-state index contributed by atoms with van der Waals surface area (Å²) in [4.78, 5) is 10.2. The number of nitrogens with zero attached hydrogens (tertiary/aromatic N) is 2. The molecule has 1 aromatic carbocycles. The highest BCUT2D eigenvalue weighted by Gasteiger charge is 2.39. The molecule has 98 valence electrons. The molecule has 0 saturated heterocycles. The molecule has 0 atom stereocenters. The molecule has 18 heavy (non-hydrogen) atoms. The molecule has 0 unspecified atom stereocenters. The highest BCUT2D eigenvalue weighted by atomic mass is 35.5. The van der Waals surface area contributed by atoms with Crippen molar-refractivity contribution >= 4 is 33.0 Å². The minimum atomic E-state index is -3.67. The van der Waals surface area contributed by atoms with Crippen molar-refractivity contribution in [2.75, 3.05) is 18.1 Å². The molecular weight excluding hydrogens is 284 g/mol. The van der Waals surface area contributed by atoms with E-state index in [0.29, 0.717) is 0 Å². The maximum atomic E-state index is 11.9. The second-order valence-electron chi connectivity index (χ2n) is 3.67. The molecule has 2 rings (SSSR count). The summed E-state index contributed by atoms with van der Waals surface area (Å²) in [5, 5.41) is 11.0. The van der Waals surface area contributed by atoms with E-state index in [4.69, 9.17) is 16.3 Å². The Balaban J connectivity index is 2.68. The van der Waals surface area contributed by atoms with Crippen molar-refractivity contribution in [2.24, 2.45) is 0 Å². The number of fused-ring (bicyclic) bond motifs is 1. The SMILES string of the molecule is COCN1c2c(Cl)ccc([N+](=O)[O-])c2CS1(=O)=O. The average molecular weight is 293 g/mol. The van der Waals surface area contributed by atoms with Gasteiger partial charge in [0.25, 0.3) is 5.69 Å². The molecule has 1 aliphatic heterocycles. The molecule has 0 spiro atoms. The van der Waals surface area contributed by atoms with Gasteiger partial charge in [-0.1, -0.05) is 11.6 Å². The summed E-state index contributed by atoms with van der Waals surface area (Å²) in [5.74, 6) is -0.442. The number of nitro groups is 1. The number of benzene rings is 1. The summed E-state index contributed by atoms with van der Waals surface area (Å²) in [5.41, 5.74) is -0.0196. The van der Waals surface area contributed by atoms with Crippen LogP contribution < -0.4 is 4.31 Å². The van der Waals surface area contributed by atoms with Gasteiger partial charge in [-0.2, -0.15) is 0 Å². The molecule has 0 bridgehead atoms. The van der Waals surface area contributed by atoms with Crippen molar-refractivity contribution in [2.45, 2.75) is 5.75 Å². The molecule has 0 aliphatic carbocycles. The second-order valence-corrected chi connectivity index (χ2v) is 5.97. The quantitative estimate of drug-likeness (QED) is 0.622. The van der Waals surface area contributed by atoms with E-state index in [2.05, 4.69) is 0 Å². The first kappa shape index (κ1) is 13.1. The van der Waals surface area contributed by atoms with E-state index in [9.17, 15) is 18.5 Å². The Kier molecular flexibility index (Phi) is 3.18.